The monoisotopic (exact) mass is 841 g/mol. The minimum absolute atomic E-state index is 0. The Labute approximate surface area is 503 Å². The molecule has 0 saturated carbocycles. The van der Waals surface area contributed by atoms with E-state index in [9.17, 15) is 44.4 Å². The van der Waals surface area contributed by atoms with Crippen LogP contribution in [0.3, 0.4) is 0 Å². The number of hydrogen-bond donors (Lipinski definition) is 5. The summed E-state index contributed by atoms with van der Waals surface area (Å²) in [6.07, 6.45) is 0.995. The maximum atomic E-state index is 11.6. The van der Waals surface area contributed by atoms with Crippen LogP contribution in [0, 0.1) is 6.92 Å². The van der Waals surface area contributed by atoms with Crippen molar-refractivity contribution in [3.63, 3.8) is 0 Å². The number of carboxylic acids is 5. The van der Waals surface area contributed by atoms with Gasteiger partial charge >= 0.3 is 287 Å². The summed E-state index contributed by atoms with van der Waals surface area (Å²) in [5, 5.41) is 46.9. The number of nitrogens with zero attached hydrogens (tertiary/aromatic N) is 3. The molecule has 0 atom stereocenters. The van der Waals surface area contributed by atoms with Crippen LogP contribution in [0.2, 0.25) is 0 Å². The predicted octanol–water partition coefficient (Wildman–Crippen LogP) is -0.739. The van der Waals surface area contributed by atoms with Crippen LogP contribution in [0.4, 0.5) is 11.4 Å². The number of benzene rings is 2. The summed E-state index contributed by atoms with van der Waals surface area (Å²) in [6, 6.07) is 9.04. The maximum absolute atomic E-state index is 11.6. The Bertz CT molecular complexity index is 1780. The number of ether oxygens (including phenoxy) is 2. The zero-order valence-corrected chi connectivity index (χ0v) is 24.0. The topological polar surface area (TPSA) is 251 Å². The molecular weight excluding hydrogens is 810 g/mol. The van der Waals surface area contributed by atoms with Gasteiger partial charge in [0.25, 0.3) is 5.89 Å². The molecule has 252 valence electrons. The Morgan fingerprint density at radius 1 is 0.667 bits per heavy atom. The molecule has 51 heavy (non-hydrogen) atoms. The average molecular weight is 842 g/mol. The molecule has 2 heterocycles. The number of aryl methyl sites for hydroxylation is 1. The fourth-order valence-corrected chi connectivity index (χ4v) is 4.42. The van der Waals surface area contributed by atoms with E-state index >= 15 is 0 Å². The van der Waals surface area contributed by atoms with Crippen molar-refractivity contribution < 1.29 is 67.8 Å². The number of rotatable bonds is 17. The van der Waals surface area contributed by atoms with Crippen molar-refractivity contribution in [3.8, 4) is 23.1 Å². The second-order valence-electron chi connectivity index (χ2n) is 9.76. The van der Waals surface area contributed by atoms with Gasteiger partial charge in [0.1, 0.15) is 56.5 Å². The molecule has 0 aliphatic carbocycles. The number of aromatic nitrogens is 1. The van der Waals surface area contributed by atoms with E-state index in [-0.39, 0.29) is 310 Å². The number of hydrogen-bond acceptors (Lipinski definition) is 12. The van der Waals surface area contributed by atoms with E-state index in [0.717, 1.165) is 21.6 Å². The van der Waals surface area contributed by atoms with E-state index in [1.165, 1.54) is 24.3 Å². The fourth-order valence-electron chi connectivity index (χ4n) is 4.42. The summed E-state index contributed by atoms with van der Waals surface area (Å²) in [4.78, 5) is 63.2. The Kier molecular flexibility index (Phi) is 28.9. The second kappa shape index (κ2) is 26.8. The molecule has 0 amide bonds. The number of carboxylic acid groups (broad SMARTS) is 5. The van der Waals surface area contributed by atoms with Crippen LogP contribution >= 0.6 is 0 Å². The first-order valence-corrected chi connectivity index (χ1v) is 13.3. The molecule has 0 spiro atoms. The van der Waals surface area contributed by atoms with Gasteiger partial charge in [-0.15, -0.1) is 0 Å². The van der Waals surface area contributed by atoms with E-state index in [1.807, 2.05) is 0 Å². The van der Waals surface area contributed by atoms with Gasteiger partial charge < -0.3 is 53.6 Å². The van der Waals surface area contributed by atoms with Crippen molar-refractivity contribution in [2.75, 3.05) is 49.2 Å². The van der Waals surface area contributed by atoms with Crippen molar-refractivity contribution >= 4 is 309 Å². The van der Waals surface area contributed by atoms with Crippen LogP contribution in [-0.4, -0.2) is 357 Å². The van der Waals surface area contributed by atoms with Crippen molar-refractivity contribution in [2.45, 2.75) is 6.92 Å². The van der Waals surface area contributed by atoms with Crippen LogP contribution in [0.15, 0.2) is 51.4 Å². The third-order valence-electron chi connectivity index (χ3n) is 6.22. The van der Waals surface area contributed by atoms with Gasteiger partial charge in [0.05, 0.1) is 17.6 Å². The number of carbonyl (C=O) groups is 5. The molecule has 0 aliphatic heterocycles. The number of aromatic carboxylic acids is 1. The van der Waals surface area contributed by atoms with Crippen molar-refractivity contribution in [3.05, 3.63) is 53.9 Å². The van der Waals surface area contributed by atoms with Crippen molar-refractivity contribution in [1.82, 2.24) is 4.98 Å². The zero-order chi connectivity index (χ0) is 33.5. The van der Waals surface area contributed by atoms with E-state index in [2.05, 4.69) is 4.98 Å². The van der Waals surface area contributed by atoms with E-state index in [1.54, 1.807) is 19.1 Å². The second-order valence-corrected chi connectivity index (χ2v) is 9.76. The molecule has 0 unspecified atom stereocenters. The molecule has 5 N–H and O–H groups in total. The first-order valence-electron chi connectivity index (χ1n) is 13.3. The van der Waals surface area contributed by atoms with Gasteiger partial charge in [0.2, 0.25) is 5.76 Å². The number of fused-ring (bicyclic) bond motifs is 1. The Hall–Kier alpha value is 1.92. The molecule has 0 bridgehead atoms. The molecule has 0 radical (unpaired) electrons. The van der Waals surface area contributed by atoms with Crippen LogP contribution < -0.4 is 19.3 Å². The molecule has 17 nitrogen and oxygen atoms in total. The molecule has 4 rings (SSSR count). The third-order valence-corrected chi connectivity index (χ3v) is 6.22. The molecule has 2 aromatic carbocycles. The van der Waals surface area contributed by atoms with E-state index in [0.29, 0.717) is 5.39 Å². The standard InChI is InChI=1S/C29H27N3O14.5K.5H/c1-15-2-3-17(31(11-24(33)34)12-25(35)36)20(6-15)43-4-5-44-21-9-19-16(7-18(21)32(13-26(37)38)14-27(39)40)8-22(45-19)28-30-10-23(46-28)29(41)42;;;;;;;;;;/h2-3,6-10H,4-5,11-14H2,1H3,(H,33,34)(H,35,36)(H,37,38)(H,39,40)(H,41,42);;;;;;;;;;. The van der Waals surface area contributed by atoms with E-state index < -0.39 is 61.8 Å². The van der Waals surface area contributed by atoms with Gasteiger partial charge in [-0.3, -0.25) is 19.2 Å². The van der Waals surface area contributed by atoms with Crippen LogP contribution in [-0.2, 0) is 19.2 Å². The van der Waals surface area contributed by atoms with Crippen LogP contribution in [0.1, 0.15) is 16.1 Å². The molecule has 0 fully saturated rings. The molecule has 0 saturated heterocycles. The van der Waals surface area contributed by atoms with E-state index in [4.69, 9.17) is 23.4 Å². The number of anilines is 2. The Morgan fingerprint density at radius 2 is 1.16 bits per heavy atom. The van der Waals surface area contributed by atoms with Crippen LogP contribution in [0.25, 0.3) is 22.6 Å². The van der Waals surface area contributed by atoms with Crippen LogP contribution in [0.5, 0.6) is 11.5 Å². The summed E-state index contributed by atoms with van der Waals surface area (Å²) in [7, 11) is 0. The number of furan rings is 1. The average Bonchev–Trinajstić information content (AvgIpc) is 3.61. The minimum atomic E-state index is -1.35. The van der Waals surface area contributed by atoms with Crippen molar-refractivity contribution in [2.24, 2.45) is 0 Å². The number of aliphatic carboxylic acids is 4. The molecule has 22 heteroatoms. The summed E-state index contributed by atoms with van der Waals surface area (Å²) < 4.78 is 22.7. The Balaban J connectivity index is 0. The summed E-state index contributed by atoms with van der Waals surface area (Å²) >= 11 is 0. The van der Waals surface area contributed by atoms with Gasteiger partial charge in [-0.1, -0.05) is 6.07 Å². The van der Waals surface area contributed by atoms with Gasteiger partial charge in [0, 0.05) is 11.5 Å². The first kappa shape index (κ1) is 55.0. The normalized spacial score (nSPS) is 9.75. The van der Waals surface area contributed by atoms with Gasteiger partial charge in [-0.25, -0.2) is 9.78 Å². The molecular formula is C29H32K5N3O14. The molecule has 4 aromatic rings. The number of oxazole rings is 1. The zero-order valence-electron chi connectivity index (χ0n) is 24.0. The quantitative estimate of drug-likeness (QED) is 0.0649. The van der Waals surface area contributed by atoms with Gasteiger partial charge in [0.15, 0.2) is 5.76 Å². The summed E-state index contributed by atoms with van der Waals surface area (Å²) in [5.41, 5.74) is 1.22. The summed E-state index contributed by atoms with van der Waals surface area (Å²) in [5.74, 6) is -6.82. The first-order chi connectivity index (χ1) is 21.8. The third kappa shape index (κ3) is 17.1. The molecule has 2 aromatic heterocycles. The molecule has 0 aliphatic rings. The Morgan fingerprint density at radius 3 is 1.63 bits per heavy atom. The van der Waals surface area contributed by atoms with Gasteiger partial charge in [-0.2, -0.15) is 0 Å². The summed E-state index contributed by atoms with van der Waals surface area (Å²) in [6.45, 7) is -1.20. The van der Waals surface area contributed by atoms with Crippen molar-refractivity contribution in [1.29, 1.82) is 0 Å². The van der Waals surface area contributed by atoms with Gasteiger partial charge in [-0.05, 0) is 36.8 Å². The predicted molar refractivity (Wildman–Crippen MR) is 192 cm³/mol. The SMILES string of the molecule is Cc1ccc(N(CC(=O)O)CC(=O)O)c(OCCOc2cc3oc(-c4ncc(C(=O)O)o4)cc3cc2N(CC(=O)O)CC(=O)O)c1.[KH].[KH].[KH].[KH].[KH]. The fraction of sp³-hybridized carbons (Fsp3) is 0.241.